The lowest BCUT2D eigenvalue weighted by molar-refractivity contribution is 0.660. The zero-order chi connectivity index (χ0) is 14.5. The number of nitrogen functional groups attached to an aromatic ring is 1. The van der Waals surface area contributed by atoms with Crippen molar-refractivity contribution in [2.75, 3.05) is 5.73 Å². The standard InChI is InChI=1S/C17H25N3/c1-4-5-6-7-8-15-16(17(18)20-19-15)14-10-9-12(2)13(3)11-14/h9-11H,4-8H2,1-3H3,(H3,18,19,20). The van der Waals surface area contributed by atoms with Crippen LogP contribution in [0.25, 0.3) is 11.1 Å². The molecule has 0 aliphatic rings. The third kappa shape index (κ3) is 3.21. The van der Waals surface area contributed by atoms with Gasteiger partial charge in [-0.3, -0.25) is 5.10 Å². The van der Waals surface area contributed by atoms with E-state index in [1.165, 1.54) is 48.1 Å². The van der Waals surface area contributed by atoms with E-state index < -0.39 is 0 Å². The summed E-state index contributed by atoms with van der Waals surface area (Å²) >= 11 is 0. The fourth-order valence-electron chi connectivity index (χ4n) is 2.52. The van der Waals surface area contributed by atoms with E-state index in [2.05, 4.69) is 49.2 Å². The maximum absolute atomic E-state index is 6.05. The molecule has 0 aliphatic carbocycles. The molecule has 3 N–H and O–H groups in total. The molecule has 0 radical (unpaired) electrons. The highest BCUT2D eigenvalue weighted by Gasteiger charge is 2.13. The summed E-state index contributed by atoms with van der Waals surface area (Å²) in [4.78, 5) is 0. The number of hydrogen-bond donors (Lipinski definition) is 2. The Balaban J connectivity index is 2.22. The van der Waals surface area contributed by atoms with E-state index >= 15 is 0 Å². The van der Waals surface area contributed by atoms with Crippen LogP contribution >= 0.6 is 0 Å². The van der Waals surface area contributed by atoms with Crippen molar-refractivity contribution >= 4 is 5.82 Å². The highest BCUT2D eigenvalue weighted by Crippen LogP contribution is 2.30. The van der Waals surface area contributed by atoms with E-state index in [0.717, 1.165) is 12.0 Å². The summed E-state index contributed by atoms with van der Waals surface area (Å²) in [5.41, 5.74) is 12.1. The van der Waals surface area contributed by atoms with Crippen LogP contribution in [0.4, 0.5) is 5.82 Å². The first-order valence-corrected chi connectivity index (χ1v) is 7.53. The monoisotopic (exact) mass is 271 g/mol. The Morgan fingerprint density at radius 3 is 2.60 bits per heavy atom. The van der Waals surface area contributed by atoms with Crippen molar-refractivity contribution in [2.45, 2.75) is 52.9 Å². The Morgan fingerprint density at radius 2 is 1.90 bits per heavy atom. The van der Waals surface area contributed by atoms with Gasteiger partial charge in [-0.2, -0.15) is 5.10 Å². The quantitative estimate of drug-likeness (QED) is 0.765. The molecule has 3 nitrogen and oxygen atoms in total. The first-order valence-electron chi connectivity index (χ1n) is 7.53. The molecule has 3 heteroatoms. The number of unbranched alkanes of at least 4 members (excludes halogenated alkanes) is 3. The number of H-pyrrole nitrogens is 1. The molecule has 2 aromatic rings. The van der Waals surface area contributed by atoms with Crippen LogP contribution in [-0.4, -0.2) is 10.2 Å². The van der Waals surface area contributed by atoms with Gasteiger partial charge in [0.2, 0.25) is 0 Å². The van der Waals surface area contributed by atoms with Crippen LogP contribution in [0.3, 0.4) is 0 Å². The number of nitrogens with two attached hydrogens (primary N) is 1. The van der Waals surface area contributed by atoms with Crippen molar-refractivity contribution in [3.8, 4) is 11.1 Å². The maximum atomic E-state index is 6.05. The summed E-state index contributed by atoms with van der Waals surface area (Å²) in [7, 11) is 0. The third-order valence-electron chi connectivity index (χ3n) is 3.95. The van der Waals surface area contributed by atoms with E-state index in [1.54, 1.807) is 0 Å². The molecule has 0 unspecified atom stereocenters. The van der Waals surface area contributed by atoms with Gasteiger partial charge in [0.15, 0.2) is 5.82 Å². The summed E-state index contributed by atoms with van der Waals surface area (Å²) in [5.74, 6) is 0.610. The van der Waals surface area contributed by atoms with Gasteiger partial charge in [0, 0.05) is 11.3 Å². The Kier molecular flexibility index (Phi) is 4.83. The summed E-state index contributed by atoms with van der Waals surface area (Å²) in [6, 6.07) is 6.49. The zero-order valence-corrected chi connectivity index (χ0v) is 12.8. The van der Waals surface area contributed by atoms with Crippen LogP contribution in [0, 0.1) is 13.8 Å². The second-order valence-electron chi connectivity index (χ2n) is 5.57. The second-order valence-corrected chi connectivity index (χ2v) is 5.57. The topological polar surface area (TPSA) is 54.7 Å². The van der Waals surface area contributed by atoms with Gasteiger partial charge in [-0.05, 0) is 43.4 Å². The molecule has 0 atom stereocenters. The summed E-state index contributed by atoms with van der Waals surface area (Å²) in [6.07, 6.45) is 6.03. The third-order valence-corrected chi connectivity index (χ3v) is 3.95. The minimum Gasteiger partial charge on any atom is -0.382 e. The fraction of sp³-hybridized carbons (Fsp3) is 0.471. The summed E-state index contributed by atoms with van der Waals surface area (Å²) in [6.45, 7) is 6.49. The van der Waals surface area contributed by atoms with E-state index in [1.807, 2.05) is 0 Å². The lowest BCUT2D eigenvalue weighted by Gasteiger charge is -2.07. The van der Waals surface area contributed by atoms with Crippen molar-refractivity contribution in [1.29, 1.82) is 0 Å². The van der Waals surface area contributed by atoms with Gasteiger partial charge >= 0.3 is 0 Å². The summed E-state index contributed by atoms with van der Waals surface area (Å²) in [5, 5.41) is 7.31. The van der Waals surface area contributed by atoms with Crippen molar-refractivity contribution < 1.29 is 0 Å². The Morgan fingerprint density at radius 1 is 1.10 bits per heavy atom. The smallest absolute Gasteiger partial charge is 0.153 e. The molecule has 0 bridgehead atoms. The normalized spacial score (nSPS) is 10.9. The highest BCUT2D eigenvalue weighted by molar-refractivity contribution is 5.76. The van der Waals surface area contributed by atoms with E-state index in [9.17, 15) is 0 Å². The lowest BCUT2D eigenvalue weighted by atomic mass is 9.98. The largest absolute Gasteiger partial charge is 0.382 e. The maximum Gasteiger partial charge on any atom is 0.153 e. The number of benzene rings is 1. The van der Waals surface area contributed by atoms with Gasteiger partial charge in [-0.15, -0.1) is 0 Å². The molecule has 0 saturated heterocycles. The second kappa shape index (κ2) is 6.60. The summed E-state index contributed by atoms with van der Waals surface area (Å²) < 4.78 is 0. The van der Waals surface area contributed by atoms with Gasteiger partial charge in [0.05, 0.1) is 0 Å². The Hall–Kier alpha value is -1.77. The first-order chi connectivity index (χ1) is 9.63. The number of hydrogen-bond acceptors (Lipinski definition) is 2. The molecule has 0 saturated carbocycles. The molecular formula is C17H25N3. The average Bonchev–Trinajstić information content (AvgIpc) is 2.79. The Labute approximate surface area is 121 Å². The predicted molar refractivity (Wildman–Crippen MR) is 85.8 cm³/mol. The van der Waals surface area contributed by atoms with Gasteiger partial charge in [-0.1, -0.05) is 44.4 Å². The van der Waals surface area contributed by atoms with Gasteiger partial charge in [-0.25, -0.2) is 0 Å². The first kappa shape index (κ1) is 14.6. The number of nitrogens with one attached hydrogen (secondary N) is 1. The SMILES string of the molecule is CCCCCCc1[nH]nc(N)c1-c1ccc(C)c(C)c1. The molecule has 2 rings (SSSR count). The minimum atomic E-state index is 0.610. The van der Waals surface area contributed by atoms with Crippen LogP contribution < -0.4 is 5.73 Å². The van der Waals surface area contributed by atoms with Gasteiger partial charge in [0.1, 0.15) is 0 Å². The molecule has 0 spiro atoms. The minimum absolute atomic E-state index is 0.610. The van der Waals surface area contributed by atoms with Crippen LogP contribution in [0.5, 0.6) is 0 Å². The molecule has 1 aromatic carbocycles. The highest BCUT2D eigenvalue weighted by atomic mass is 15.2. The van der Waals surface area contributed by atoms with Gasteiger partial charge in [0.25, 0.3) is 0 Å². The Bertz CT molecular complexity index is 570. The number of aromatic nitrogens is 2. The molecule has 0 amide bonds. The molecule has 0 fully saturated rings. The van der Waals surface area contributed by atoms with Crippen molar-refractivity contribution in [3.05, 3.63) is 35.0 Å². The van der Waals surface area contributed by atoms with Crippen LogP contribution in [0.1, 0.15) is 49.4 Å². The van der Waals surface area contributed by atoms with Crippen molar-refractivity contribution in [1.82, 2.24) is 10.2 Å². The van der Waals surface area contributed by atoms with Crippen LogP contribution in [-0.2, 0) is 6.42 Å². The predicted octanol–water partition coefficient (Wildman–Crippen LogP) is 4.40. The zero-order valence-electron chi connectivity index (χ0n) is 12.8. The van der Waals surface area contributed by atoms with Crippen molar-refractivity contribution in [2.24, 2.45) is 0 Å². The van der Waals surface area contributed by atoms with Gasteiger partial charge < -0.3 is 5.73 Å². The molecule has 1 heterocycles. The van der Waals surface area contributed by atoms with E-state index in [-0.39, 0.29) is 0 Å². The molecule has 108 valence electrons. The number of aryl methyl sites for hydroxylation is 3. The number of nitrogens with zero attached hydrogens (tertiary/aromatic N) is 1. The molecule has 20 heavy (non-hydrogen) atoms. The average molecular weight is 271 g/mol. The van der Waals surface area contributed by atoms with Crippen LogP contribution in [0.15, 0.2) is 18.2 Å². The van der Waals surface area contributed by atoms with Crippen molar-refractivity contribution in [3.63, 3.8) is 0 Å². The number of anilines is 1. The van der Waals surface area contributed by atoms with E-state index in [0.29, 0.717) is 5.82 Å². The van der Waals surface area contributed by atoms with Crippen LogP contribution in [0.2, 0.25) is 0 Å². The molecule has 0 aliphatic heterocycles. The molecule has 1 aromatic heterocycles. The number of aromatic amines is 1. The number of rotatable bonds is 6. The fourth-order valence-corrected chi connectivity index (χ4v) is 2.52. The molecular weight excluding hydrogens is 246 g/mol. The lowest BCUT2D eigenvalue weighted by Crippen LogP contribution is -1.93. The van der Waals surface area contributed by atoms with E-state index in [4.69, 9.17) is 5.73 Å².